The normalized spacial score (nSPS) is 16.3. The van der Waals surface area contributed by atoms with Gasteiger partial charge in [0, 0.05) is 29.6 Å². The van der Waals surface area contributed by atoms with E-state index < -0.39 is 23.6 Å². The number of benzene rings is 2. The summed E-state index contributed by atoms with van der Waals surface area (Å²) in [5.74, 6) is -0.851. The first kappa shape index (κ1) is 20.9. The number of para-hydroxylation sites is 1. The van der Waals surface area contributed by atoms with Gasteiger partial charge in [-0.1, -0.05) is 30.3 Å². The first-order valence-electron chi connectivity index (χ1n) is 10.3. The number of ether oxygens (including phenoxy) is 1. The van der Waals surface area contributed by atoms with Crippen LogP contribution in [0.5, 0.6) is 0 Å². The molecular formula is C24H26FN3O3. The maximum atomic E-state index is 13.4. The molecule has 0 bridgehead atoms. The van der Waals surface area contributed by atoms with Crippen LogP contribution in [0.25, 0.3) is 10.9 Å². The van der Waals surface area contributed by atoms with Crippen molar-refractivity contribution in [3.8, 4) is 0 Å². The van der Waals surface area contributed by atoms with Gasteiger partial charge in [-0.05, 0) is 50.1 Å². The average Bonchev–Trinajstić information content (AvgIpc) is 3.00. The van der Waals surface area contributed by atoms with E-state index in [0.29, 0.717) is 13.0 Å². The van der Waals surface area contributed by atoms with Crippen LogP contribution in [0.4, 0.5) is 9.18 Å². The van der Waals surface area contributed by atoms with E-state index in [4.69, 9.17) is 10.5 Å². The summed E-state index contributed by atoms with van der Waals surface area (Å²) in [6, 6.07) is 13.5. The quantitative estimate of drug-likeness (QED) is 0.692. The van der Waals surface area contributed by atoms with Crippen molar-refractivity contribution in [2.24, 2.45) is 5.73 Å². The number of aromatic nitrogens is 1. The van der Waals surface area contributed by atoms with Gasteiger partial charge in [-0.3, -0.25) is 9.69 Å². The summed E-state index contributed by atoms with van der Waals surface area (Å²) in [5, 5.41) is 1.02. The van der Waals surface area contributed by atoms with Crippen molar-refractivity contribution in [2.45, 2.75) is 51.9 Å². The number of nitrogens with zero attached hydrogens (tertiary/aromatic N) is 2. The second-order valence-corrected chi connectivity index (χ2v) is 8.89. The van der Waals surface area contributed by atoms with Crippen LogP contribution in [-0.2, 0) is 29.0 Å². The highest BCUT2D eigenvalue weighted by Crippen LogP contribution is 2.34. The standard InChI is InChI=1S/C24H26FN3O3/c1-24(2,3)31-23(30)28-14-21-18(12-20(28)22(26)29)17-6-4-5-7-19(17)27(21)13-15-8-10-16(25)11-9-15/h4-11,20H,12-14H2,1-3H3,(H2,26,29). The minimum Gasteiger partial charge on any atom is -0.444 e. The number of nitrogens with two attached hydrogens (primary N) is 1. The molecule has 4 rings (SSSR count). The lowest BCUT2D eigenvalue weighted by molar-refractivity contribution is -0.123. The zero-order valence-corrected chi connectivity index (χ0v) is 17.9. The van der Waals surface area contributed by atoms with Crippen LogP contribution in [0.15, 0.2) is 48.5 Å². The van der Waals surface area contributed by atoms with Crippen LogP contribution in [0, 0.1) is 5.82 Å². The van der Waals surface area contributed by atoms with Gasteiger partial charge < -0.3 is 15.0 Å². The Morgan fingerprint density at radius 3 is 2.45 bits per heavy atom. The van der Waals surface area contributed by atoms with Crippen LogP contribution in [0.1, 0.15) is 37.6 Å². The fraction of sp³-hybridized carbons (Fsp3) is 0.333. The average molecular weight is 423 g/mol. The molecule has 0 saturated heterocycles. The highest BCUT2D eigenvalue weighted by molar-refractivity contribution is 5.90. The third-order valence-corrected chi connectivity index (χ3v) is 5.50. The lowest BCUT2D eigenvalue weighted by atomic mass is 9.96. The maximum absolute atomic E-state index is 13.4. The molecule has 0 radical (unpaired) electrons. The smallest absolute Gasteiger partial charge is 0.411 e. The molecule has 0 fully saturated rings. The van der Waals surface area contributed by atoms with Gasteiger partial charge in [0.05, 0.1) is 6.54 Å². The van der Waals surface area contributed by atoms with Crippen molar-refractivity contribution in [2.75, 3.05) is 0 Å². The summed E-state index contributed by atoms with van der Waals surface area (Å²) < 4.78 is 21.0. The first-order valence-corrected chi connectivity index (χ1v) is 10.3. The summed E-state index contributed by atoms with van der Waals surface area (Å²) in [4.78, 5) is 26.6. The molecule has 0 aliphatic carbocycles. The van der Waals surface area contributed by atoms with Gasteiger partial charge in [0.25, 0.3) is 0 Å². The molecule has 162 valence electrons. The number of hydrogen-bond acceptors (Lipinski definition) is 3. The summed E-state index contributed by atoms with van der Waals surface area (Å²) >= 11 is 0. The number of amides is 2. The zero-order valence-electron chi connectivity index (χ0n) is 17.9. The summed E-state index contributed by atoms with van der Waals surface area (Å²) in [7, 11) is 0. The third kappa shape index (κ3) is 4.13. The van der Waals surface area contributed by atoms with E-state index in [-0.39, 0.29) is 12.4 Å². The maximum Gasteiger partial charge on any atom is 0.411 e. The highest BCUT2D eigenvalue weighted by atomic mass is 19.1. The van der Waals surface area contributed by atoms with Crippen molar-refractivity contribution in [3.63, 3.8) is 0 Å². The molecule has 2 amide bonds. The number of fused-ring (bicyclic) bond motifs is 3. The van der Waals surface area contributed by atoms with Gasteiger partial charge in [0.2, 0.25) is 5.91 Å². The Hall–Kier alpha value is -3.35. The molecule has 1 unspecified atom stereocenters. The summed E-state index contributed by atoms with van der Waals surface area (Å²) in [5.41, 5.74) is 8.83. The molecule has 6 nitrogen and oxygen atoms in total. The van der Waals surface area contributed by atoms with E-state index in [1.807, 2.05) is 24.3 Å². The predicted octanol–water partition coefficient (Wildman–Crippen LogP) is 3.98. The molecule has 1 atom stereocenters. The number of carbonyl (C=O) groups is 2. The second kappa shape index (κ2) is 7.72. The summed E-state index contributed by atoms with van der Waals surface area (Å²) in [6.45, 7) is 6.06. The van der Waals surface area contributed by atoms with E-state index in [1.165, 1.54) is 17.0 Å². The Balaban J connectivity index is 1.80. The Bertz CT molecular complexity index is 1150. The van der Waals surface area contributed by atoms with Crippen molar-refractivity contribution in [3.05, 3.63) is 71.2 Å². The molecule has 0 spiro atoms. The molecule has 1 aliphatic heterocycles. The molecule has 1 aromatic heterocycles. The Kier molecular flexibility index (Phi) is 5.21. The molecule has 31 heavy (non-hydrogen) atoms. The van der Waals surface area contributed by atoms with E-state index in [1.54, 1.807) is 32.9 Å². The largest absolute Gasteiger partial charge is 0.444 e. The molecule has 2 heterocycles. The number of hydrogen-bond donors (Lipinski definition) is 1. The van der Waals surface area contributed by atoms with E-state index >= 15 is 0 Å². The van der Waals surface area contributed by atoms with Gasteiger partial charge in [-0.15, -0.1) is 0 Å². The van der Waals surface area contributed by atoms with Crippen LogP contribution >= 0.6 is 0 Å². The van der Waals surface area contributed by atoms with Gasteiger partial charge in [0.15, 0.2) is 0 Å². The van der Waals surface area contributed by atoms with E-state index in [9.17, 15) is 14.0 Å². The number of primary amides is 1. The van der Waals surface area contributed by atoms with Gasteiger partial charge in [-0.25, -0.2) is 9.18 Å². The van der Waals surface area contributed by atoms with Gasteiger partial charge >= 0.3 is 6.09 Å². The molecular weight excluding hydrogens is 397 g/mol. The first-order chi connectivity index (χ1) is 14.6. The number of carbonyl (C=O) groups excluding carboxylic acids is 2. The lowest BCUT2D eigenvalue weighted by Gasteiger charge is -2.35. The van der Waals surface area contributed by atoms with Gasteiger partial charge in [0.1, 0.15) is 17.5 Å². The van der Waals surface area contributed by atoms with Crippen LogP contribution in [0.2, 0.25) is 0 Å². The van der Waals surface area contributed by atoms with Crippen molar-refractivity contribution < 1.29 is 18.7 Å². The minimum atomic E-state index is -0.785. The number of halogens is 1. The van der Waals surface area contributed by atoms with Crippen molar-refractivity contribution in [1.82, 2.24) is 9.47 Å². The van der Waals surface area contributed by atoms with Crippen molar-refractivity contribution in [1.29, 1.82) is 0 Å². The molecule has 2 N–H and O–H groups in total. The van der Waals surface area contributed by atoms with Crippen molar-refractivity contribution >= 4 is 22.9 Å². The highest BCUT2D eigenvalue weighted by Gasteiger charge is 2.38. The Morgan fingerprint density at radius 2 is 1.81 bits per heavy atom. The van der Waals surface area contributed by atoms with E-state index in [0.717, 1.165) is 27.7 Å². The zero-order chi connectivity index (χ0) is 22.3. The van der Waals surface area contributed by atoms with Crippen LogP contribution < -0.4 is 5.73 Å². The van der Waals surface area contributed by atoms with E-state index in [2.05, 4.69) is 4.57 Å². The molecule has 2 aromatic carbocycles. The topological polar surface area (TPSA) is 77.6 Å². The number of rotatable bonds is 3. The molecule has 7 heteroatoms. The van der Waals surface area contributed by atoms with Crippen LogP contribution in [0.3, 0.4) is 0 Å². The monoisotopic (exact) mass is 423 g/mol. The minimum absolute atomic E-state index is 0.202. The second-order valence-electron chi connectivity index (χ2n) is 8.89. The molecule has 0 saturated carbocycles. The lowest BCUT2D eigenvalue weighted by Crippen LogP contribution is -2.52. The SMILES string of the molecule is CC(C)(C)OC(=O)N1Cc2c(c3ccccc3n2Cc2ccc(F)cc2)CC1C(N)=O. The third-order valence-electron chi connectivity index (χ3n) is 5.50. The molecule has 3 aromatic rings. The Labute approximate surface area is 180 Å². The molecule has 1 aliphatic rings. The summed E-state index contributed by atoms with van der Waals surface area (Å²) in [6.07, 6.45) is -0.249. The Morgan fingerprint density at radius 1 is 1.13 bits per heavy atom. The van der Waals surface area contributed by atoms with Crippen LogP contribution in [-0.4, -0.2) is 33.1 Å². The fourth-order valence-electron chi connectivity index (χ4n) is 4.13. The van der Waals surface area contributed by atoms with Gasteiger partial charge in [-0.2, -0.15) is 0 Å². The fourth-order valence-corrected chi connectivity index (χ4v) is 4.13. The predicted molar refractivity (Wildman–Crippen MR) is 116 cm³/mol.